The second-order valence-electron chi connectivity index (χ2n) is 6.77. The molecule has 2 fully saturated rings. The van der Waals surface area contributed by atoms with Gasteiger partial charge in [-0.2, -0.15) is 0 Å². The quantitative estimate of drug-likeness (QED) is 0.719. The van der Waals surface area contributed by atoms with Crippen molar-refractivity contribution in [3.05, 3.63) is 34.7 Å². The Balaban J connectivity index is 1.61. The number of amides is 1. The predicted molar refractivity (Wildman–Crippen MR) is 87.0 cm³/mol. The average Bonchev–Trinajstić information content (AvgIpc) is 2.53. The van der Waals surface area contributed by atoms with E-state index in [-0.39, 0.29) is 30.0 Å². The molecule has 1 saturated carbocycles. The SMILES string of the molecule is O=C(Cn1ccc(=O)cc1)NC(C1CCNCC1)C1CC(O)C1. The number of aromatic nitrogens is 1. The highest BCUT2D eigenvalue weighted by Crippen LogP contribution is 2.35. The third kappa shape index (κ3) is 4.20. The molecule has 3 N–H and O–H groups in total. The van der Waals surface area contributed by atoms with Gasteiger partial charge < -0.3 is 20.3 Å². The van der Waals surface area contributed by atoms with Gasteiger partial charge in [0, 0.05) is 30.6 Å². The fourth-order valence-corrected chi connectivity index (χ4v) is 3.69. The zero-order chi connectivity index (χ0) is 16.2. The number of carbonyl (C=O) groups is 1. The first-order valence-electron chi connectivity index (χ1n) is 8.46. The van der Waals surface area contributed by atoms with Gasteiger partial charge in [0.05, 0.1) is 6.10 Å². The van der Waals surface area contributed by atoms with Crippen molar-refractivity contribution in [2.45, 2.75) is 44.4 Å². The van der Waals surface area contributed by atoms with E-state index in [2.05, 4.69) is 10.6 Å². The van der Waals surface area contributed by atoms with Crippen LogP contribution in [-0.4, -0.2) is 40.8 Å². The van der Waals surface area contributed by atoms with Gasteiger partial charge in [-0.15, -0.1) is 0 Å². The van der Waals surface area contributed by atoms with Crippen molar-refractivity contribution in [2.24, 2.45) is 11.8 Å². The van der Waals surface area contributed by atoms with E-state index in [0.29, 0.717) is 11.8 Å². The molecule has 6 heteroatoms. The molecule has 1 aliphatic carbocycles. The maximum atomic E-state index is 12.4. The standard InChI is InChI=1S/C17H25N3O3/c21-14-3-7-20(8-4-14)11-16(23)19-17(13-9-15(22)10-13)12-1-5-18-6-2-12/h3-4,7-8,12-13,15,17-18,22H,1-2,5-6,9-11H2,(H,19,23). The van der Waals surface area contributed by atoms with E-state index in [1.165, 1.54) is 12.1 Å². The Labute approximate surface area is 135 Å². The van der Waals surface area contributed by atoms with Crippen molar-refractivity contribution in [3.8, 4) is 0 Å². The predicted octanol–water partition coefficient (Wildman–Crippen LogP) is 0.104. The summed E-state index contributed by atoms with van der Waals surface area (Å²) in [5.74, 6) is 0.830. The van der Waals surface area contributed by atoms with Gasteiger partial charge in [0.15, 0.2) is 5.43 Å². The Morgan fingerprint density at radius 3 is 2.52 bits per heavy atom. The molecule has 1 saturated heterocycles. The molecule has 23 heavy (non-hydrogen) atoms. The second kappa shape index (κ2) is 7.27. The Morgan fingerprint density at radius 2 is 1.91 bits per heavy atom. The fourth-order valence-electron chi connectivity index (χ4n) is 3.69. The van der Waals surface area contributed by atoms with Gasteiger partial charge in [0.1, 0.15) is 6.54 Å². The largest absolute Gasteiger partial charge is 0.393 e. The molecule has 0 spiro atoms. The number of rotatable bonds is 5. The Bertz CT molecular complexity index is 568. The van der Waals surface area contributed by atoms with Crippen LogP contribution in [0.15, 0.2) is 29.3 Å². The number of nitrogens with one attached hydrogen (secondary N) is 2. The van der Waals surface area contributed by atoms with Crippen LogP contribution in [0.2, 0.25) is 0 Å². The molecule has 2 aliphatic rings. The molecule has 1 atom stereocenters. The number of hydrogen-bond donors (Lipinski definition) is 3. The average molecular weight is 319 g/mol. The molecule has 1 aliphatic heterocycles. The Morgan fingerprint density at radius 1 is 1.26 bits per heavy atom. The summed E-state index contributed by atoms with van der Waals surface area (Å²) in [6.07, 6.45) is 6.76. The maximum Gasteiger partial charge on any atom is 0.240 e. The van der Waals surface area contributed by atoms with Crippen molar-refractivity contribution in [2.75, 3.05) is 13.1 Å². The molecule has 1 aromatic heterocycles. The number of aliphatic hydroxyl groups is 1. The van der Waals surface area contributed by atoms with Crippen molar-refractivity contribution >= 4 is 5.91 Å². The van der Waals surface area contributed by atoms with E-state index in [9.17, 15) is 14.7 Å². The van der Waals surface area contributed by atoms with E-state index in [4.69, 9.17) is 0 Å². The van der Waals surface area contributed by atoms with Gasteiger partial charge in [-0.05, 0) is 50.6 Å². The van der Waals surface area contributed by atoms with Crippen LogP contribution in [0, 0.1) is 11.8 Å². The zero-order valence-electron chi connectivity index (χ0n) is 13.3. The molecule has 1 amide bonds. The maximum absolute atomic E-state index is 12.4. The van der Waals surface area contributed by atoms with E-state index in [1.807, 2.05) is 0 Å². The van der Waals surface area contributed by atoms with Crippen LogP contribution in [-0.2, 0) is 11.3 Å². The Kier molecular flexibility index (Phi) is 5.13. The summed E-state index contributed by atoms with van der Waals surface area (Å²) in [7, 11) is 0. The van der Waals surface area contributed by atoms with Crippen LogP contribution in [0.5, 0.6) is 0 Å². The van der Waals surface area contributed by atoms with Crippen LogP contribution in [0.25, 0.3) is 0 Å². The van der Waals surface area contributed by atoms with Crippen LogP contribution < -0.4 is 16.1 Å². The van der Waals surface area contributed by atoms with E-state index < -0.39 is 0 Å². The molecule has 0 aromatic carbocycles. The van der Waals surface area contributed by atoms with Gasteiger partial charge in [-0.1, -0.05) is 0 Å². The van der Waals surface area contributed by atoms with Crippen LogP contribution in [0.1, 0.15) is 25.7 Å². The van der Waals surface area contributed by atoms with Crippen LogP contribution in [0.3, 0.4) is 0 Å². The lowest BCUT2D eigenvalue weighted by atomic mass is 9.71. The first-order chi connectivity index (χ1) is 11.1. The van der Waals surface area contributed by atoms with E-state index >= 15 is 0 Å². The van der Waals surface area contributed by atoms with Gasteiger partial charge in [0.2, 0.25) is 5.91 Å². The molecule has 0 bridgehead atoms. The third-order valence-corrected chi connectivity index (χ3v) is 5.06. The highest BCUT2D eigenvalue weighted by atomic mass is 16.3. The van der Waals surface area contributed by atoms with Crippen LogP contribution >= 0.6 is 0 Å². The first kappa shape index (κ1) is 16.2. The molecule has 126 valence electrons. The molecule has 0 radical (unpaired) electrons. The van der Waals surface area contributed by atoms with Crippen molar-refractivity contribution in [1.29, 1.82) is 0 Å². The number of pyridine rings is 1. The molecule has 1 unspecified atom stereocenters. The fraction of sp³-hybridized carbons (Fsp3) is 0.647. The lowest BCUT2D eigenvalue weighted by molar-refractivity contribution is -0.124. The van der Waals surface area contributed by atoms with Crippen molar-refractivity contribution < 1.29 is 9.90 Å². The minimum atomic E-state index is -0.208. The van der Waals surface area contributed by atoms with Crippen molar-refractivity contribution in [1.82, 2.24) is 15.2 Å². The molecule has 1 aromatic rings. The van der Waals surface area contributed by atoms with Gasteiger partial charge in [-0.25, -0.2) is 0 Å². The van der Waals surface area contributed by atoms with Gasteiger partial charge >= 0.3 is 0 Å². The van der Waals surface area contributed by atoms with E-state index in [1.54, 1.807) is 17.0 Å². The normalized spacial score (nSPS) is 26.3. The molecular formula is C17H25N3O3. The van der Waals surface area contributed by atoms with E-state index in [0.717, 1.165) is 38.8 Å². The first-order valence-corrected chi connectivity index (χ1v) is 8.46. The summed E-state index contributed by atoms with van der Waals surface area (Å²) in [6, 6.07) is 3.06. The summed E-state index contributed by atoms with van der Waals surface area (Å²) < 4.78 is 1.71. The topological polar surface area (TPSA) is 83.4 Å². The summed E-state index contributed by atoms with van der Waals surface area (Å²) in [6.45, 7) is 2.20. The Hall–Kier alpha value is -1.66. The summed E-state index contributed by atoms with van der Waals surface area (Å²) >= 11 is 0. The minimum absolute atomic E-state index is 0.0291. The number of aliphatic hydroxyl groups excluding tert-OH is 1. The third-order valence-electron chi connectivity index (χ3n) is 5.06. The smallest absolute Gasteiger partial charge is 0.240 e. The van der Waals surface area contributed by atoms with Gasteiger partial charge in [-0.3, -0.25) is 9.59 Å². The highest BCUT2D eigenvalue weighted by molar-refractivity contribution is 5.76. The lowest BCUT2D eigenvalue weighted by Crippen LogP contribution is -2.53. The zero-order valence-corrected chi connectivity index (χ0v) is 13.3. The van der Waals surface area contributed by atoms with Gasteiger partial charge in [0.25, 0.3) is 0 Å². The number of carbonyl (C=O) groups excluding carboxylic acids is 1. The summed E-state index contributed by atoms with van der Waals surface area (Å²) in [5.41, 5.74) is -0.0577. The summed E-state index contributed by atoms with van der Waals surface area (Å²) in [4.78, 5) is 23.5. The molecular weight excluding hydrogens is 294 g/mol. The monoisotopic (exact) mass is 319 g/mol. The lowest BCUT2D eigenvalue weighted by Gasteiger charge is -2.43. The minimum Gasteiger partial charge on any atom is -0.393 e. The highest BCUT2D eigenvalue weighted by Gasteiger charge is 2.39. The van der Waals surface area contributed by atoms with Crippen LogP contribution in [0.4, 0.5) is 0 Å². The summed E-state index contributed by atoms with van der Waals surface area (Å²) in [5, 5.41) is 16.2. The second-order valence-corrected chi connectivity index (χ2v) is 6.77. The number of nitrogens with zero attached hydrogens (tertiary/aromatic N) is 1. The van der Waals surface area contributed by atoms with Crippen molar-refractivity contribution in [3.63, 3.8) is 0 Å². The molecule has 6 nitrogen and oxygen atoms in total. The number of hydrogen-bond acceptors (Lipinski definition) is 4. The molecule has 2 heterocycles. The molecule has 3 rings (SSSR count). The number of piperidine rings is 1.